The number of fused-ring (bicyclic) bond motifs is 3. The summed E-state index contributed by atoms with van der Waals surface area (Å²) in [4.78, 5) is 29.5. The van der Waals surface area contributed by atoms with Crippen LogP contribution in [0.1, 0.15) is 24.1 Å². The van der Waals surface area contributed by atoms with Crippen molar-refractivity contribution in [1.82, 2.24) is 20.5 Å². The van der Waals surface area contributed by atoms with E-state index in [4.69, 9.17) is 0 Å². The molecule has 0 saturated carbocycles. The number of benzene rings is 1. The Morgan fingerprint density at radius 3 is 3.04 bits per heavy atom. The van der Waals surface area contributed by atoms with E-state index < -0.39 is 6.04 Å². The number of carbonyl (C=O) groups excluding carboxylic acids is 2. The Labute approximate surface area is 134 Å². The second-order valence-corrected chi connectivity index (χ2v) is 6.23. The Bertz CT molecular complexity index is 767. The van der Waals surface area contributed by atoms with Crippen LogP contribution >= 0.6 is 0 Å². The molecule has 1 aromatic heterocycles. The van der Waals surface area contributed by atoms with Gasteiger partial charge in [-0.25, -0.2) is 4.79 Å². The van der Waals surface area contributed by atoms with Crippen LogP contribution in [0.15, 0.2) is 24.3 Å². The molecule has 2 aliphatic heterocycles. The predicted molar refractivity (Wildman–Crippen MR) is 87.0 cm³/mol. The molecule has 1 fully saturated rings. The molecule has 120 valence electrons. The zero-order chi connectivity index (χ0) is 15.8. The van der Waals surface area contributed by atoms with Crippen molar-refractivity contribution in [1.29, 1.82) is 0 Å². The minimum Gasteiger partial charge on any atom is -0.358 e. The zero-order valence-corrected chi connectivity index (χ0v) is 12.9. The van der Waals surface area contributed by atoms with Gasteiger partial charge in [-0.3, -0.25) is 4.79 Å². The molecule has 3 amide bonds. The number of H-pyrrole nitrogens is 1. The van der Waals surface area contributed by atoms with Gasteiger partial charge in [-0.1, -0.05) is 18.2 Å². The second-order valence-electron chi connectivity index (χ2n) is 6.23. The first-order valence-corrected chi connectivity index (χ1v) is 8.14. The molecule has 1 saturated heterocycles. The molecule has 23 heavy (non-hydrogen) atoms. The summed E-state index contributed by atoms with van der Waals surface area (Å²) in [6.07, 6.45) is 2.43. The Balaban J connectivity index is 1.51. The van der Waals surface area contributed by atoms with Gasteiger partial charge in [0.25, 0.3) is 0 Å². The van der Waals surface area contributed by atoms with Crippen LogP contribution in [0.25, 0.3) is 10.9 Å². The molecule has 2 aliphatic rings. The van der Waals surface area contributed by atoms with Gasteiger partial charge in [0, 0.05) is 48.2 Å². The smallest absolute Gasteiger partial charge is 0.318 e. The Morgan fingerprint density at radius 2 is 2.17 bits per heavy atom. The topological polar surface area (TPSA) is 77.2 Å². The molecule has 6 heteroatoms. The molecule has 1 aromatic carbocycles. The van der Waals surface area contributed by atoms with E-state index in [9.17, 15) is 9.59 Å². The third-order valence-corrected chi connectivity index (χ3v) is 4.75. The van der Waals surface area contributed by atoms with Gasteiger partial charge in [-0.15, -0.1) is 0 Å². The standard InChI is InChI=1S/C17H20N4O2/c22-16-15(6-3-8-18-16)20-17(23)21-9-7-14-12(10-21)11-4-1-2-5-13(11)19-14/h1-2,4-5,15,19H,3,6-10H2,(H,18,22)(H,20,23)/t15-/m1/s1. The van der Waals surface area contributed by atoms with Gasteiger partial charge >= 0.3 is 6.03 Å². The number of aromatic amines is 1. The van der Waals surface area contributed by atoms with E-state index in [2.05, 4.69) is 27.8 Å². The van der Waals surface area contributed by atoms with Crippen molar-refractivity contribution in [2.24, 2.45) is 0 Å². The second kappa shape index (κ2) is 5.61. The molecule has 2 aromatic rings. The summed E-state index contributed by atoms with van der Waals surface area (Å²) in [5.41, 5.74) is 3.52. The highest BCUT2D eigenvalue weighted by atomic mass is 16.2. The van der Waals surface area contributed by atoms with Crippen molar-refractivity contribution in [3.8, 4) is 0 Å². The van der Waals surface area contributed by atoms with Crippen LogP contribution in [-0.4, -0.2) is 41.0 Å². The molecule has 0 bridgehead atoms. The number of urea groups is 1. The van der Waals surface area contributed by atoms with Crippen molar-refractivity contribution >= 4 is 22.8 Å². The van der Waals surface area contributed by atoms with Gasteiger partial charge in [0.15, 0.2) is 0 Å². The number of para-hydroxylation sites is 1. The first-order valence-electron chi connectivity index (χ1n) is 8.14. The van der Waals surface area contributed by atoms with Crippen molar-refractivity contribution < 1.29 is 9.59 Å². The van der Waals surface area contributed by atoms with Gasteiger partial charge in [0.05, 0.1) is 0 Å². The minimum absolute atomic E-state index is 0.0746. The van der Waals surface area contributed by atoms with Crippen molar-refractivity contribution in [2.75, 3.05) is 13.1 Å². The van der Waals surface area contributed by atoms with E-state index in [1.54, 1.807) is 4.90 Å². The number of rotatable bonds is 1. The largest absolute Gasteiger partial charge is 0.358 e. The molecule has 4 rings (SSSR count). The minimum atomic E-state index is -0.402. The van der Waals surface area contributed by atoms with Crippen LogP contribution < -0.4 is 10.6 Å². The quantitative estimate of drug-likeness (QED) is 0.746. The molecular formula is C17H20N4O2. The fourth-order valence-electron chi connectivity index (χ4n) is 3.49. The number of piperidine rings is 1. The number of carbonyl (C=O) groups is 2. The number of aromatic nitrogens is 1. The lowest BCUT2D eigenvalue weighted by molar-refractivity contribution is -0.124. The number of hydrogen-bond acceptors (Lipinski definition) is 2. The molecule has 1 atom stereocenters. The SMILES string of the molecule is O=C1NCCC[C@H]1NC(=O)N1CCc2[nH]c3ccccc3c2C1. The normalized spacial score (nSPS) is 21.0. The zero-order valence-electron chi connectivity index (χ0n) is 12.9. The van der Waals surface area contributed by atoms with Crippen LogP contribution in [-0.2, 0) is 17.8 Å². The lowest BCUT2D eigenvalue weighted by Crippen LogP contribution is -2.54. The Kier molecular flexibility index (Phi) is 3.44. The summed E-state index contributed by atoms with van der Waals surface area (Å²) in [6, 6.07) is 7.62. The summed E-state index contributed by atoms with van der Waals surface area (Å²) < 4.78 is 0. The molecule has 0 spiro atoms. The van der Waals surface area contributed by atoms with E-state index >= 15 is 0 Å². The van der Waals surface area contributed by atoms with Crippen LogP contribution in [0.2, 0.25) is 0 Å². The van der Waals surface area contributed by atoms with Crippen LogP contribution in [0.3, 0.4) is 0 Å². The van der Waals surface area contributed by atoms with E-state index in [0.29, 0.717) is 26.1 Å². The van der Waals surface area contributed by atoms with Crippen molar-refractivity contribution in [3.63, 3.8) is 0 Å². The maximum atomic E-state index is 12.5. The molecule has 0 radical (unpaired) electrons. The van der Waals surface area contributed by atoms with E-state index in [1.165, 1.54) is 16.6 Å². The van der Waals surface area contributed by atoms with Crippen LogP contribution in [0, 0.1) is 0 Å². The Morgan fingerprint density at radius 1 is 1.30 bits per heavy atom. The fourth-order valence-corrected chi connectivity index (χ4v) is 3.49. The van der Waals surface area contributed by atoms with Gasteiger partial charge in [-0.05, 0) is 18.9 Å². The number of nitrogens with zero attached hydrogens (tertiary/aromatic N) is 1. The summed E-state index contributed by atoms with van der Waals surface area (Å²) in [6.45, 7) is 1.95. The Hall–Kier alpha value is -2.50. The van der Waals surface area contributed by atoms with Gasteiger partial charge < -0.3 is 20.5 Å². The molecule has 3 N–H and O–H groups in total. The number of hydrogen-bond donors (Lipinski definition) is 3. The maximum Gasteiger partial charge on any atom is 0.318 e. The third kappa shape index (κ3) is 2.54. The molecule has 0 unspecified atom stereocenters. The summed E-state index contributed by atoms with van der Waals surface area (Å²) in [5.74, 6) is -0.0746. The lowest BCUT2D eigenvalue weighted by Gasteiger charge is -2.30. The van der Waals surface area contributed by atoms with E-state index in [-0.39, 0.29) is 11.9 Å². The fraction of sp³-hybridized carbons (Fsp3) is 0.412. The van der Waals surface area contributed by atoms with Crippen LogP contribution in [0.5, 0.6) is 0 Å². The molecule has 3 heterocycles. The number of nitrogens with one attached hydrogen (secondary N) is 3. The van der Waals surface area contributed by atoms with Crippen LogP contribution in [0.4, 0.5) is 4.79 Å². The number of amides is 3. The highest BCUT2D eigenvalue weighted by molar-refractivity contribution is 5.88. The average molecular weight is 312 g/mol. The monoisotopic (exact) mass is 312 g/mol. The lowest BCUT2D eigenvalue weighted by atomic mass is 10.0. The molecular weight excluding hydrogens is 292 g/mol. The summed E-state index contributed by atoms with van der Waals surface area (Å²) in [7, 11) is 0. The highest BCUT2D eigenvalue weighted by Crippen LogP contribution is 2.27. The first kappa shape index (κ1) is 14.1. The summed E-state index contributed by atoms with van der Waals surface area (Å²) in [5, 5.41) is 6.85. The van der Waals surface area contributed by atoms with Crippen molar-refractivity contribution in [2.45, 2.75) is 31.8 Å². The van der Waals surface area contributed by atoms with E-state index in [0.717, 1.165) is 18.4 Å². The third-order valence-electron chi connectivity index (χ3n) is 4.75. The predicted octanol–water partition coefficient (Wildman–Crippen LogP) is 1.51. The van der Waals surface area contributed by atoms with Gasteiger partial charge in [0.2, 0.25) is 5.91 Å². The van der Waals surface area contributed by atoms with Gasteiger partial charge in [0.1, 0.15) is 6.04 Å². The first-order chi connectivity index (χ1) is 11.2. The van der Waals surface area contributed by atoms with E-state index in [1.807, 2.05) is 12.1 Å². The highest BCUT2D eigenvalue weighted by Gasteiger charge is 2.28. The molecule has 0 aliphatic carbocycles. The summed E-state index contributed by atoms with van der Waals surface area (Å²) >= 11 is 0. The van der Waals surface area contributed by atoms with Crippen molar-refractivity contribution in [3.05, 3.63) is 35.5 Å². The molecule has 6 nitrogen and oxygen atoms in total. The maximum absolute atomic E-state index is 12.5. The van der Waals surface area contributed by atoms with Gasteiger partial charge in [-0.2, -0.15) is 0 Å². The average Bonchev–Trinajstić information content (AvgIpc) is 2.94.